The minimum absolute atomic E-state index is 0.241. The lowest BCUT2D eigenvalue weighted by Crippen LogP contribution is -2.49. The summed E-state index contributed by atoms with van der Waals surface area (Å²) >= 11 is 5.98. The highest BCUT2D eigenvalue weighted by atomic mass is 35.5. The number of benzene rings is 1. The van der Waals surface area contributed by atoms with Crippen molar-refractivity contribution >= 4 is 29.4 Å². The summed E-state index contributed by atoms with van der Waals surface area (Å²) in [6, 6.07) is 6.57. The van der Waals surface area contributed by atoms with Gasteiger partial charge in [-0.1, -0.05) is 43.0 Å². The first-order chi connectivity index (χ1) is 12.3. The van der Waals surface area contributed by atoms with Crippen molar-refractivity contribution in [3.63, 3.8) is 0 Å². The first-order valence-electron chi connectivity index (χ1n) is 9.00. The van der Waals surface area contributed by atoms with Gasteiger partial charge in [-0.15, -0.1) is 0 Å². The van der Waals surface area contributed by atoms with Crippen LogP contribution in [0.1, 0.15) is 50.6 Å². The number of rotatable bonds is 4. The normalized spacial score (nSPS) is 20.6. The smallest absolute Gasteiger partial charge is 0.327 e. The van der Waals surface area contributed by atoms with Crippen molar-refractivity contribution in [2.24, 2.45) is 0 Å². The minimum Gasteiger partial charge on any atom is -0.348 e. The number of imide groups is 1. The molecule has 6 nitrogen and oxygen atoms in total. The molecule has 0 radical (unpaired) electrons. The summed E-state index contributed by atoms with van der Waals surface area (Å²) in [7, 11) is 1.66. The van der Waals surface area contributed by atoms with Gasteiger partial charge in [-0.25, -0.2) is 4.79 Å². The maximum absolute atomic E-state index is 12.9. The zero-order valence-corrected chi connectivity index (χ0v) is 15.9. The van der Waals surface area contributed by atoms with E-state index < -0.39 is 5.54 Å². The van der Waals surface area contributed by atoms with Crippen molar-refractivity contribution in [1.29, 1.82) is 0 Å². The van der Waals surface area contributed by atoms with Crippen molar-refractivity contribution < 1.29 is 14.4 Å². The molecule has 1 atom stereocenters. The number of hydrogen-bond acceptors (Lipinski definition) is 3. The van der Waals surface area contributed by atoms with E-state index in [9.17, 15) is 14.4 Å². The molecule has 1 spiro atoms. The summed E-state index contributed by atoms with van der Waals surface area (Å²) < 4.78 is 0. The van der Waals surface area contributed by atoms with Gasteiger partial charge in [0.1, 0.15) is 12.1 Å². The average molecular weight is 378 g/mol. The van der Waals surface area contributed by atoms with E-state index >= 15 is 0 Å². The van der Waals surface area contributed by atoms with Crippen LogP contribution < -0.4 is 5.32 Å². The average Bonchev–Trinajstić information content (AvgIpc) is 2.79. The molecule has 7 heteroatoms. The molecule has 1 aromatic rings. The summed E-state index contributed by atoms with van der Waals surface area (Å²) in [6.45, 7) is 1.58. The summed E-state index contributed by atoms with van der Waals surface area (Å²) in [5.74, 6) is -0.601. The van der Waals surface area contributed by atoms with Crippen LogP contribution >= 0.6 is 11.6 Å². The maximum Gasteiger partial charge on any atom is 0.327 e. The molecule has 140 valence electrons. The van der Waals surface area contributed by atoms with E-state index in [1.807, 2.05) is 19.1 Å². The topological polar surface area (TPSA) is 69.7 Å². The quantitative estimate of drug-likeness (QED) is 0.819. The standard InChI is InChI=1S/C19H24ClN3O3/c1-13(14-7-6-8-15(20)11-14)21-16(24)12-23-17(25)19(22(2)18(23)26)9-4-3-5-10-19/h6-8,11,13H,3-5,9-10,12H2,1-2H3,(H,21,24)/t13-/m1/s1. The third kappa shape index (κ3) is 3.30. The van der Waals surface area contributed by atoms with Gasteiger partial charge in [-0.2, -0.15) is 0 Å². The Labute approximate surface area is 158 Å². The SMILES string of the molecule is C[C@@H](NC(=O)CN1C(=O)N(C)C2(CCCCC2)C1=O)c1cccc(Cl)c1. The Morgan fingerprint density at radius 2 is 1.96 bits per heavy atom. The second-order valence-electron chi connectivity index (χ2n) is 7.17. The van der Waals surface area contributed by atoms with Gasteiger partial charge in [0.05, 0.1) is 6.04 Å². The lowest BCUT2D eigenvalue weighted by Gasteiger charge is -2.35. The number of nitrogens with one attached hydrogen (secondary N) is 1. The maximum atomic E-state index is 12.9. The fourth-order valence-corrected chi connectivity index (χ4v) is 4.16. The lowest BCUT2D eigenvalue weighted by molar-refractivity contribution is -0.137. The summed E-state index contributed by atoms with van der Waals surface area (Å²) in [5.41, 5.74) is 0.111. The fraction of sp³-hybridized carbons (Fsp3) is 0.526. The molecule has 1 aliphatic heterocycles. The molecule has 1 saturated carbocycles. The van der Waals surface area contributed by atoms with Crippen molar-refractivity contribution in [3.8, 4) is 0 Å². The van der Waals surface area contributed by atoms with Crippen LogP contribution in [0.4, 0.5) is 4.79 Å². The highest BCUT2D eigenvalue weighted by Gasteiger charge is 2.55. The van der Waals surface area contributed by atoms with E-state index in [1.165, 1.54) is 4.90 Å². The molecule has 1 aliphatic carbocycles. The molecule has 1 heterocycles. The molecular formula is C19H24ClN3O3. The molecule has 0 bridgehead atoms. The van der Waals surface area contributed by atoms with Gasteiger partial charge in [0.25, 0.3) is 5.91 Å². The largest absolute Gasteiger partial charge is 0.348 e. The highest BCUT2D eigenvalue weighted by Crippen LogP contribution is 2.39. The molecule has 2 aliphatic rings. The summed E-state index contributed by atoms with van der Waals surface area (Å²) in [6.07, 6.45) is 4.27. The van der Waals surface area contributed by atoms with Crippen molar-refractivity contribution in [3.05, 3.63) is 34.9 Å². The molecular weight excluding hydrogens is 354 g/mol. The van der Waals surface area contributed by atoms with Crippen molar-refractivity contribution in [1.82, 2.24) is 15.1 Å². The van der Waals surface area contributed by atoms with Gasteiger partial charge >= 0.3 is 6.03 Å². The number of urea groups is 1. The van der Waals surface area contributed by atoms with E-state index in [1.54, 1.807) is 19.2 Å². The molecule has 0 unspecified atom stereocenters. The van der Waals surface area contributed by atoms with Crippen LogP contribution in [0.3, 0.4) is 0 Å². The third-order valence-electron chi connectivity index (χ3n) is 5.51. The van der Waals surface area contributed by atoms with E-state index in [0.29, 0.717) is 17.9 Å². The minimum atomic E-state index is -0.756. The Bertz CT molecular complexity index is 730. The Hall–Kier alpha value is -2.08. The Kier molecular flexibility index (Phi) is 5.23. The molecule has 1 aromatic carbocycles. The predicted molar refractivity (Wildman–Crippen MR) is 98.7 cm³/mol. The molecule has 1 N–H and O–H groups in total. The number of halogens is 1. The summed E-state index contributed by atoms with van der Waals surface area (Å²) in [4.78, 5) is 40.5. The van der Waals surface area contributed by atoms with Gasteiger partial charge in [-0.05, 0) is 37.5 Å². The van der Waals surface area contributed by atoms with E-state index in [-0.39, 0.29) is 30.4 Å². The molecule has 3 rings (SSSR count). The third-order valence-corrected chi connectivity index (χ3v) is 5.75. The Morgan fingerprint density at radius 1 is 1.27 bits per heavy atom. The zero-order valence-electron chi connectivity index (χ0n) is 15.1. The zero-order chi connectivity index (χ0) is 18.9. The van der Waals surface area contributed by atoms with Crippen LogP contribution in [0, 0.1) is 0 Å². The predicted octanol–water partition coefficient (Wildman–Crippen LogP) is 3.11. The number of hydrogen-bond donors (Lipinski definition) is 1. The van der Waals surface area contributed by atoms with Crippen molar-refractivity contribution in [2.75, 3.05) is 13.6 Å². The number of amides is 4. The monoisotopic (exact) mass is 377 g/mol. The lowest BCUT2D eigenvalue weighted by atomic mass is 9.81. The molecule has 2 fully saturated rings. The van der Waals surface area contributed by atoms with Crippen molar-refractivity contribution in [2.45, 2.75) is 50.6 Å². The number of carbonyl (C=O) groups is 3. The van der Waals surface area contributed by atoms with Crippen LogP contribution in [0.5, 0.6) is 0 Å². The van der Waals surface area contributed by atoms with Gasteiger partial charge in [-0.3, -0.25) is 14.5 Å². The van der Waals surface area contributed by atoms with E-state index in [0.717, 1.165) is 29.7 Å². The van der Waals surface area contributed by atoms with Crippen LogP contribution in [-0.4, -0.2) is 46.8 Å². The second kappa shape index (κ2) is 7.27. The van der Waals surface area contributed by atoms with Crippen LogP contribution in [0.2, 0.25) is 5.02 Å². The van der Waals surface area contributed by atoms with E-state index in [4.69, 9.17) is 11.6 Å². The Morgan fingerprint density at radius 3 is 2.62 bits per heavy atom. The Balaban J connectivity index is 1.67. The van der Waals surface area contributed by atoms with Gasteiger partial charge < -0.3 is 10.2 Å². The van der Waals surface area contributed by atoms with Gasteiger partial charge in [0.2, 0.25) is 5.91 Å². The fourth-order valence-electron chi connectivity index (χ4n) is 3.96. The second-order valence-corrected chi connectivity index (χ2v) is 7.61. The number of carbonyl (C=O) groups excluding carboxylic acids is 3. The summed E-state index contributed by atoms with van der Waals surface area (Å²) in [5, 5.41) is 3.43. The van der Waals surface area contributed by atoms with Crippen LogP contribution in [0.25, 0.3) is 0 Å². The van der Waals surface area contributed by atoms with Gasteiger partial charge in [0.15, 0.2) is 0 Å². The molecule has 26 heavy (non-hydrogen) atoms. The first kappa shape index (κ1) is 18.7. The highest BCUT2D eigenvalue weighted by molar-refractivity contribution is 6.30. The molecule has 4 amide bonds. The number of likely N-dealkylation sites (N-methyl/N-ethyl adjacent to an activating group) is 1. The van der Waals surface area contributed by atoms with E-state index in [2.05, 4.69) is 5.32 Å². The van der Waals surface area contributed by atoms with Crippen LogP contribution in [-0.2, 0) is 9.59 Å². The molecule has 0 aromatic heterocycles. The van der Waals surface area contributed by atoms with Crippen LogP contribution in [0.15, 0.2) is 24.3 Å². The number of nitrogens with zero attached hydrogens (tertiary/aromatic N) is 2. The molecule has 1 saturated heterocycles. The van der Waals surface area contributed by atoms with Gasteiger partial charge in [0, 0.05) is 12.1 Å². The first-order valence-corrected chi connectivity index (χ1v) is 9.37.